The first-order valence-electron chi connectivity index (χ1n) is 9.92. The SMILES string of the molecule is CCCC(=O)Nc1cccc(CNC(=NC)N2CCC(c3cnn(C)c3)C2)c1.I. The third-order valence-corrected chi connectivity index (χ3v) is 5.03. The topological polar surface area (TPSA) is 74.6 Å². The number of aliphatic imine (C=N–C) groups is 1. The molecule has 1 unspecified atom stereocenters. The van der Waals surface area contributed by atoms with Gasteiger partial charge in [-0.25, -0.2) is 0 Å². The number of halogens is 1. The highest BCUT2D eigenvalue weighted by atomic mass is 127. The van der Waals surface area contributed by atoms with Crippen LogP contribution in [0.3, 0.4) is 0 Å². The summed E-state index contributed by atoms with van der Waals surface area (Å²) in [5, 5.41) is 10.7. The Hall–Kier alpha value is -2.10. The maximum Gasteiger partial charge on any atom is 0.224 e. The van der Waals surface area contributed by atoms with Crippen LogP contribution in [0.1, 0.15) is 43.2 Å². The van der Waals surface area contributed by atoms with Crippen molar-refractivity contribution < 1.29 is 4.79 Å². The number of hydrogen-bond donors (Lipinski definition) is 2. The van der Waals surface area contributed by atoms with Crippen molar-refractivity contribution in [3.8, 4) is 0 Å². The Morgan fingerprint density at radius 1 is 1.38 bits per heavy atom. The molecule has 0 radical (unpaired) electrons. The first-order chi connectivity index (χ1) is 13.6. The lowest BCUT2D eigenvalue weighted by Gasteiger charge is -2.21. The van der Waals surface area contributed by atoms with Crippen molar-refractivity contribution in [3.05, 3.63) is 47.8 Å². The molecule has 1 fully saturated rings. The molecule has 1 saturated heterocycles. The molecule has 2 heterocycles. The van der Waals surface area contributed by atoms with E-state index in [9.17, 15) is 4.79 Å². The summed E-state index contributed by atoms with van der Waals surface area (Å²) in [4.78, 5) is 18.6. The summed E-state index contributed by atoms with van der Waals surface area (Å²) in [7, 11) is 3.77. The molecule has 1 aromatic heterocycles. The zero-order valence-corrected chi connectivity index (χ0v) is 19.7. The standard InChI is InChI=1S/C21H30N6O.HI/c1-4-6-20(28)25-19-8-5-7-16(11-19)12-23-21(22-2)27-10-9-17(15-27)18-13-24-26(3)14-18;/h5,7-8,11,13-14,17H,4,6,9-10,12,15H2,1-3H3,(H,22,23)(H,25,28);1H. The summed E-state index contributed by atoms with van der Waals surface area (Å²) in [6.07, 6.45) is 6.55. The minimum Gasteiger partial charge on any atom is -0.352 e. The zero-order valence-electron chi connectivity index (χ0n) is 17.4. The highest BCUT2D eigenvalue weighted by Crippen LogP contribution is 2.26. The van der Waals surface area contributed by atoms with E-state index >= 15 is 0 Å². The van der Waals surface area contributed by atoms with E-state index in [0.29, 0.717) is 18.9 Å². The number of amides is 1. The molecule has 29 heavy (non-hydrogen) atoms. The maximum absolute atomic E-state index is 11.8. The average Bonchev–Trinajstić information content (AvgIpc) is 3.32. The molecule has 1 amide bonds. The summed E-state index contributed by atoms with van der Waals surface area (Å²) in [5.74, 6) is 1.46. The van der Waals surface area contributed by atoms with E-state index in [1.165, 1.54) is 5.56 Å². The van der Waals surface area contributed by atoms with Crippen LogP contribution in [0.25, 0.3) is 0 Å². The van der Waals surface area contributed by atoms with E-state index in [4.69, 9.17) is 0 Å². The first-order valence-corrected chi connectivity index (χ1v) is 9.92. The number of carbonyl (C=O) groups excluding carboxylic acids is 1. The molecule has 158 valence electrons. The van der Waals surface area contributed by atoms with Gasteiger partial charge in [0, 0.05) is 58.0 Å². The van der Waals surface area contributed by atoms with Crippen LogP contribution < -0.4 is 10.6 Å². The van der Waals surface area contributed by atoms with Crippen LogP contribution in [0.2, 0.25) is 0 Å². The van der Waals surface area contributed by atoms with Crippen LogP contribution >= 0.6 is 24.0 Å². The Morgan fingerprint density at radius 3 is 2.90 bits per heavy atom. The molecular weight excluding hydrogens is 479 g/mol. The van der Waals surface area contributed by atoms with Crippen molar-refractivity contribution >= 4 is 41.5 Å². The van der Waals surface area contributed by atoms with Gasteiger partial charge in [-0.2, -0.15) is 5.10 Å². The van der Waals surface area contributed by atoms with Crippen molar-refractivity contribution in [1.82, 2.24) is 20.0 Å². The third-order valence-electron chi connectivity index (χ3n) is 5.03. The summed E-state index contributed by atoms with van der Waals surface area (Å²) < 4.78 is 1.86. The van der Waals surface area contributed by atoms with Gasteiger partial charge in [0.1, 0.15) is 0 Å². The maximum atomic E-state index is 11.8. The average molecular weight is 510 g/mol. The molecule has 2 N–H and O–H groups in total. The second-order valence-corrected chi connectivity index (χ2v) is 7.28. The molecule has 1 aliphatic rings. The van der Waals surface area contributed by atoms with Gasteiger partial charge in [-0.15, -0.1) is 24.0 Å². The molecule has 1 aromatic carbocycles. The van der Waals surface area contributed by atoms with Crippen molar-refractivity contribution in [1.29, 1.82) is 0 Å². The minimum atomic E-state index is 0. The number of guanidine groups is 1. The first kappa shape index (κ1) is 23.2. The Balaban J connectivity index is 0.00000300. The summed E-state index contributed by atoms with van der Waals surface area (Å²) >= 11 is 0. The summed E-state index contributed by atoms with van der Waals surface area (Å²) in [6, 6.07) is 7.95. The highest BCUT2D eigenvalue weighted by molar-refractivity contribution is 14.0. The van der Waals surface area contributed by atoms with Crippen LogP contribution in [0.4, 0.5) is 5.69 Å². The molecular formula is C21H31IN6O. The monoisotopic (exact) mass is 510 g/mol. The number of benzene rings is 1. The molecule has 3 rings (SSSR count). The number of nitrogens with zero attached hydrogens (tertiary/aromatic N) is 4. The third kappa shape index (κ3) is 6.45. The Labute approximate surface area is 190 Å². The molecule has 0 aliphatic carbocycles. The molecule has 0 spiro atoms. The summed E-state index contributed by atoms with van der Waals surface area (Å²) in [6.45, 7) is 4.59. The predicted molar refractivity (Wildman–Crippen MR) is 128 cm³/mol. The van der Waals surface area contributed by atoms with Gasteiger partial charge in [-0.1, -0.05) is 19.1 Å². The molecule has 2 aromatic rings. The lowest BCUT2D eigenvalue weighted by molar-refractivity contribution is -0.116. The number of carbonyl (C=O) groups is 1. The van der Waals surface area contributed by atoms with E-state index < -0.39 is 0 Å². The Kier molecular flexibility index (Phi) is 8.94. The lowest BCUT2D eigenvalue weighted by Crippen LogP contribution is -2.39. The number of anilines is 1. The van der Waals surface area contributed by atoms with Crippen molar-refractivity contribution in [2.75, 3.05) is 25.5 Å². The number of rotatable bonds is 6. The van der Waals surface area contributed by atoms with Gasteiger partial charge in [-0.05, 0) is 36.1 Å². The van der Waals surface area contributed by atoms with E-state index in [0.717, 1.165) is 43.1 Å². The van der Waals surface area contributed by atoms with E-state index in [1.54, 1.807) is 0 Å². The van der Waals surface area contributed by atoms with Crippen molar-refractivity contribution in [2.24, 2.45) is 12.0 Å². The predicted octanol–water partition coefficient (Wildman–Crippen LogP) is 3.34. The highest BCUT2D eigenvalue weighted by Gasteiger charge is 2.26. The molecule has 8 heteroatoms. The van der Waals surface area contributed by atoms with Crippen LogP contribution in [0.15, 0.2) is 41.7 Å². The van der Waals surface area contributed by atoms with Crippen molar-refractivity contribution in [2.45, 2.75) is 38.6 Å². The minimum absolute atomic E-state index is 0. The Morgan fingerprint density at radius 2 is 2.21 bits per heavy atom. The molecule has 1 aliphatic heterocycles. The van der Waals surface area contributed by atoms with Crippen LogP contribution in [-0.2, 0) is 18.4 Å². The number of likely N-dealkylation sites (tertiary alicyclic amines) is 1. The largest absolute Gasteiger partial charge is 0.352 e. The quantitative estimate of drug-likeness (QED) is 0.355. The Bertz CT molecular complexity index is 834. The van der Waals surface area contributed by atoms with E-state index in [1.807, 2.05) is 50.1 Å². The van der Waals surface area contributed by atoms with Gasteiger partial charge in [0.2, 0.25) is 5.91 Å². The van der Waals surface area contributed by atoms with E-state index in [-0.39, 0.29) is 29.9 Å². The fourth-order valence-corrected chi connectivity index (χ4v) is 3.60. The second-order valence-electron chi connectivity index (χ2n) is 7.28. The van der Waals surface area contributed by atoms with Gasteiger partial charge in [0.15, 0.2) is 5.96 Å². The fraction of sp³-hybridized carbons (Fsp3) is 0.476. The van der Waals surface area contributed by atoms with Gasteiger partial charge in [0.25, 0.3) is 0 Å². The van der Waals surface area contributed by atoms with Gasteiger partial charge >= 0.3 is 0 Å². The smallest absolute Gasteiger partial charge is 0.224 e. The van der Waals surface area contributed by atoms with Crippen LogP contribution in [-0.4, -0.2) is 46.7 Å². The zero-order chi connectivity index (χ0) is 19.9. The van der Waals surface area contributed by atoms with Gasteiger partial charge < -0.3 is 15.5 Å². The van der Waals surface area contributed by atoms with Crippen molar-refractivity contribution in [3.63, 3.8) is 0 Å². The number of hydrogen-bond acceptors (Lipinski definition) is 3. The normalized spacial score (nSPS) is 16.4. The number of aromatic nitrogens is 2. The lowest BCUT2D eigenvalue weighted by atomic mass is 10.0. The van der Waals surface area contributed by atoms with Gasteiger partial charge in [-0.3, -0.25) is 14.5 Å². The number of nitrogens with one attached hydrogen (secondary N) is 2. The van der Waals surface area contributed by atoms with Crippen LogP contribution in [0, 0.1) is 0 Å². The molecule has 0 saturated carbocycles. The fourth-order valence-electron chi connectivity index (χ4n) is 3.60. The molecule has 1 atom stereocenters. The summed E-state index contributed by atoms with van der Waals surface area (Å²) in [5.41, 5.74) is 3.24. The second kappa shape index (κ2) is 11.2. The van der Waals surface area contributed by atoms with E-state index in [2.05, 4.69) is 37.9 Å². The molecule has 7 nitrogen and oxygen atoms in total. The number of aryl methyl sites for hydroxylation is 1. The van der Waals surface area contributed by atoms with Gasteiger partial charge in [0.05, 0.1) is 6.20 Å². The molecule has 0 bridgehead atoms. The van der Waals surface area contributed by atoms with Crippen LogP contribution in [0.5, 0.6) is 0 Å².